The van der Waals surface area contributed by atoms with Crippen molar-refractivity contribution in [2.45, 2.75) is 52.4 Å². The van der Waals surface area contributed by atoms with Crippen LogP contribution in [-0.4, -0.2) is 63.4 Å². The Balaban J connectivity index is 1.28. The van der Waals surface area contributed by atoms with Crippen molar-refractivity contribution in [1.82, 2.24) is 19.8 Å². The molecule has 0 N–H and O–H groups in total. The molecule has 2 aliphatic carbocycles. The van der Waals surface area contributed by atoms with Gasteiger partial charge in [0.2, 0.25) is 10.3 Å². The standard InChI is InChI=1S/C28H24N6O2S6/c1-7-33-21(35)19(41-25(33)37)31-23-29-17-15(39-23)11-9-14-12(10-13(11)27(17,3)4)16-18(28(14,5)6)30-24(40-16)32-20-22(36)34(8-2)26(38)42-20/h9-10H,7-8H2,1-6H3. The van der Waals surface area contributed by atoms with Crippen LogP contribution in [0.5, 0.6) is 0 Å². The summed E-state index contributed by atoms with van der Waals surface area (Å²) in [4.78, 5) is 49.9. The van der Waals surface area contributed by atoms with Gasteiger partial charge in [0.15, 0.2) is 10.1 Å². The molecule has 2 amide bonds. The zero-order chi connectivity index (χ0) is 29.9. The highest BCUT2D eigenvalue weighted by atomic mass is 32.2. The third kappa shape index (κ3) is 3.91. The Hall–Kier alpha value is -2.36. The van der Waals surface area contributed by atoms with Crippen LogP contribution in [0.3, 0.4) is 0 Å². The van der Waals surface area contributed by atoms with E-state index in [0.717, 1.165) is 32.3 Å². The number of hydrogen-bond acceptors (Lipinski definition) is 12. The molecular formula is C28H24N6O2S6. The van der Waals surface area contributed by atoms with Gasteiger partial charge in [-0.05, 0) is 71.8 Å². The number of nitrogens with zero attached hydrogens (tertiary/aromatic N) is 6. The lowest BCUT2D eigenvalue weighted by atomic mass is 9.81. The Morgan fingerprint density at radius 3 is 1.45 bits per heavy atom. The van der Waals surface area contributed by atoms with Gasteiger partial charge in [-0.15, -0.1) is 0 Å². The second kappa shape index (κ2) is 9.57. The van der Waals surface area contributed by atoms with E-state index in [9.17, 15) is 9.59 Å². The molecule has 2 saturated heterocycles. The van der Waals surface area contributed by atoms with Crippen molar-refractivity contribution in [3.63, 3.8) is 0 Å². The van der Waals surface area contributed by atoms with Crippen molar-refractivity contribution in [3.8, 4) is 20.9 Å². The Kier molecular flexibility index (Phi) is 6.47. The van der Waals surface area contributed by atoms with Gasteiger partial charge in [0.05, 0.1) is 21.1 Å². The molecule has 8 nitrogen and oxygen atoms in total. The highest BCUT2D eigenvalue weighted by Gasteiger charge is 2.45. The number of carbonyl (C=O) groups is 2. The van der Waals surface area contributed by atoms with E-state index in [0.29, 0.717) is 42.1 Å². The predicted molar refractivity (Wildman–Crippen MR) is 182 cm³/mol. The third-order valence-corrected chi connectivity index (χ3v) is 12.7. The molecule has 2 aromatic heterocycles. The maximum atomic E-state index is 12.7. The number of thiocarbonyl (C=S) groups is 2. The van der Waals surface area contributed by atoms with Crippen LogP contribution in [0.2, 0.25) is 0 Å². The predicted octanol–water partition coefficient (Wildman–Crippen LogP) is 7.03. The molecule has 0 saturated carbocycles. The van der Waals surface area contributed by atoms with Crippen molar-refractivity contribution in [2.75, 3.05) is 13.1 Å². The van der Waals surface area contributed by atoms with Gasteiger partial charge < -0.3 is 0 Å². The molecular weight excluding hydrogens is 645 g/mol. The van der Waals surface area contributed by atoms with E-state index in [1.165, 1.54) is 57.3 Å². The van der Waals surface area contributed by atoms with Gasteiger partial charge in [-0.3, -0.25) is 19.4 Å². The molecule has 0 unspecified atom stereocenters. The van der Waals surface area contributed by atoms with Crippen LogP contribution in [0.1, 0.15) is 64.1 Å². The molecule has 1 aromatic carbocycles. The average Bonchev–Trinajstić information content (AvgIpc) is 3.73. The minimum atomic E-state index is -0.348. The quantitative estimate of drug-likeness (QED) is 0.274. The number of aromatic nitrogens is 2. The monoisotopic (exact) mass is 668 g/mol. The topological polar surface area (TPSA) is 91.1 Å². The molecule has 0 radical (unpaired) electrons. The van der Waals surface area contributed by atoms with E-state index in [4.69, 9.17) is 34.4 Å². The fourth-order valence-corrected chi connectivity index (χ4v) is 10.7. The summed E-state index contributed by atoms with van der Waals surface area (Å²) < 4.78 is 1.06. The van der Waals surface area contributed by atoms with E-state index in [1.54, 1.807) is 9.80 Å². The SMILES string of the molecule is CCN1C(=O)C(=Nc2nc3c(s2)-c2cc4c(cc2C3(C)C)-c2sc(N=C3SC(=S)N(CC)C3=O)nc2C4(C)C)SC1=S. The molecule has 2 aliphatic heterocycles. The van der Waals surface area contributed by atoms with Crippen molar-refractivity contribution in [1.29, 1.82) is 0 Å². The van der Waals surface area contributed by atoms with Gasteiger partial charge in [0.25, 0.3) is 11.8 Å². The van der Waals surface area contributed by atoms with E-state index in [1.807, 2.05) is 13.8 Å². The first-order valence-corrected chi connectivity index (χ1v) is 17.4. The molecule has 0 bridgehead atoms. The number of amides is 2. The number of hydrogen-bond donors (Lipinski definition) is 0. The number of thiazole rings is 2. The summed E-state index contributed by atoms with van der Waals surface area (Å²) in [5.74, 6) is -0.321. The van der Waals surface area contributed by atoms with Crippen molar-refractivity contribution in [2.24, 2.45) is 9.98 Å². The Morgan fingerprint density at radius 2 is 1.12 bits per heavy atom. The van der Waals surface area contributed by atoms with E-state index < -0.39 is 0 Å². The van der Waals surface area contributed by atoms with Crippen molar-refractivity contribution in [3.05, 3.63) is 34.6 Å². The van der Waals surface area contributed by atoms with Crippen LogP contribution in [0.15, 0.2) is 22.1 Å². The molecule has 14 heteroatoms. The lowest BCUT2D eigenvalue weighted by Gasteiger charge is -2.23. The zero-order valence-electron chi connectivity index (χ0n) is 23.5. The van der Waals surface area contributed by atoms with Gasteiger partial charge in [-0.25, -0.2) is 20.0 Å². The second-order valence-electron chi connectivity index (χ2n) is 11.2. The number of carbonyl (C=O) groups excluding carboxylic acids is 2. The van der Waals surface area contributed by atoms with Gasteiger partial charge in [-0.2, -0.15) is 0 Å². The molecule has 0 atom stereocenters. The number of benzene rings is 1. The number of fused-ring (bicyclic) bond motifs is 6. The van der Waals surface area contributed by atoms with E-state index in [2.05, 4.69) is 49.8 Å². The normalized spacial score (nSPS) is 21.7. The summed E-state index contributed by atoms with van der Waals surface area (Å²) in [7, 11) is 0. The molecule has 4 heterocycles. The number of thioether (sulfide) groups is 2. The summed E-state index contributed by atoms with van der Waals surface area (Å²) in [5, 5.41) is 1.89. The van der Waals surface area contributed by atoms with Crippen molar-refractivity contribution < 1.29 is 9.59 Å². The first kappa shape index (κ1) is 28.4. The highest BCUT2D eigenvalue weighted by molar-refractivity contribution is 8.35. The molecule has 214 valence electrons. The van der Waals surface area contributed by atoms with Gasteiger partial charge >= 0.3 is 0 Å². The molecule has 2 fully saturated rings. The van der Waals surface area contributed by atoms with Crippen LogP contribution in [-0.2, 0) is 20.4 Å². The van der Waals surface area contributed by atoms with Crippen molar-refractivity contribution >= 4 is 111 Å². The summed E-state index contributed by atoms with van der Waals surface area (Å²) in [5.41, 5.74) is 5.95. The van der Waals surface area contributed by atoms with Gasteiger partial charge in [0.1, 0.15) is 8.64 Å². The minimum Gasteiger partial charge on any atom is -0.292 e. The molecule has 0 spiro atoms. The highest BCUT2D eigenvalue weighted by Crippen LogP contribution is 2.59. The Labute approximate surface area is 270 Å². The van der Waals surface area contributed by atoms with E-state index >= 15 is 0 Å². The first-order valence-electron chi connectivity index (χ1n) is 13.3. The maximum Gasteiger partial charge on any atom is 0.285 e. The lowest BCUT2D eigenvalue weighted by molar-refractivity contribution is -0.120. The third-order valence-electron chi connectivity index (χ3n) is 8.10. The summed E-state index contributed by atoms with van der Waals surface area (Å²) >= 11 is 16.2. The van der Waals surface area contributed by atoms with Gasteiger partial charge in [-0.1, -0.05) is 74.8 Å². The summed E-state index contributed by atoms with van der Waals surface area (Å²) in [6.07, 6.45) is 0. The second-order valence-corrected chi connectivity index (χ2v) is 16.4. The summed E-state index contributed by atoms with van der Waals surface area (Å²) in [6.45, 7) is 13.6. The molecule has 3 aromatic rings. The average molecular weight is 669 g/mol. The van der Waals surface area contributed by atoms with Crippen LogP contribution in [0, 0.1) is 0 Å². The molecule has 4 aliphatic rings. The first-order chi connectivity index (χ1) is 19.9. The zero-order valence-corrected chi connectivity index (χ0v) is 28.4. The van der Waals surface area contributed by atoms with Crippen LogP contribution in [0.25, 0.3) is 20.9 Å². The van der Waals surface area contributed by atoms with E-state index in [-0.39, 0.29) is 22.6 Å². The maximum absolute atomic E-state index is 12.7. The fourth-order valence-electron chi connectivity index (χ4n) is 5.81. The molecule has 42 heavy (non-hydrogen) atoms. The van der Waals surface area contributed by atoms with Crippen LogP contribution in [0.4, 0.5) is 10.3 Å². The fraction of sp³-hybridized carbons (Fsp3) is 0.357. The summed E-state index contributed by atoms with van der Waals surface area (Å²) in [6, 6.07) is 4.56. The molecule has 7 rings (SSSR count). The number of rotatable bonds is 4. The van der Waals surface area contributed by atoms with Crippen LogP contribution >= 0.6 is 70.6 Å². The lowest BCUT2D eigenvalue weighted by Crippen LogP contribution is -2.29. The smallest absolute Gasteiger partial charge is 0.285 e. The van der Waals surface area contributed by atoms with Gasteiger partial charge in [0, 0.05) is 23.9 Å². The largest absolute Gasteiger partial charge is 0.292 e. The Morgan fingerprint density at radius 1 is 0.738 bits per heavy atom. The Bertz CT molecular complexity index is 1730. The van der Waals surface area contributed by atoms with Crippen LogP contribution < -0.4 is 0 Å². The minimum absolute atomic E-state index is 0.161. The number of aliphatic imine (C=N–C) groups is 2.